The van der Waals surface area contributed by atoms with Crippen molar-refractivity contribution in [2.75, 3.05) is 18.4 Å². The average molecular weight is 453 g/mol. The highest BCUT2D eigenvalue weighted by Crippen LogP contribution is 2.35. The molecule has 5 nitrogen and oxygen atoms in total. The Bertz CT molecular complexity index is 1290. The molecule has 1 fully saturated rings. The van der Waals surface area contributed by atoms with Crippen LogP contribution in [0.15, 0.2) is 54.6 Å². The first-order valence-corrected chi connectivity index (χ1v) is 12.6. The second kappa shape index (κ2) is 8.30. The summed E-state index contributed by atoms with van der Waals surface area (Å²) in [6.45, 7) is 0.525. The number of nitrogens with one attached hydrogen (secondary N) is 1. The molecule has 0 unspecified atom stereocenters. The summed E-state index contributed by atoms with van der Waals surface area (Å²) in [5, 5.41) is 5.40. The molecular weight excluding hydrogens is 427 g/mol. The van der Waals surface area contributed by atoms with Gasteiger partial charge in [-0.1, -0.05) is 42.5 Å². The summed E-state index contributed by atoms with van der Waals surface area (Å²) >= 11 is 0. The van der Waals surface area contributed by atoms with E-state index in [2.05, 4.69) is 17.4 Å². The summed E-state index contributed by atoms with van der Waals surface area (Å²) in [6, 6.07) is 16.2. The van der Waals surface area contributed by atoms with Crippen LogP contribution in [-0.2, 0) is 33.4 Å². The van der Waals surface area contributed by atoms with Crippen LogP contribution in [-0.4, -0.2) is 31.7 Å². The molecule has 1 amide bonds. The first-order chi connectivity index (χ1) is 15.4. The van der Waals surface area contributed by atoms with E-state index >= 15 is 0 Å². The van der Waals surface area contributed by atoms with Crippen molar-refractivity contribution in [2.24, 2.45) is 5.92 Å². The number of nitrogens with zero attached hydrogens (tertiary/aromatic N) is 1. The molecule has 2 aliphatic rings. The zero-order chi connectivity index (χ0) is 22.3. The molecule has 166 valence electrons. The normalized spacial score (nSPS) is 17.0. The molecule has 1 aliphatic heterocycles. The maximum Gasteiger partial charge on any atom is 0.227 e. The third kappa shape index (κ3) is 3.91. The second-order valence-electron chi connectivity index (χ2n) is 8.62. The van der Waals surface area contributed by atoms with Crippen molar-refractivity contribution in [3.8, 4) is 0 Å². The van der Waals surface area contributed by atoms with Gasteiger partial charge in [-0.15, -0.1) is 0 Å². The highest BCUT2D eigenvalue weighted by atomic mass is 32.2. The van der Waals surface area contributed by atoms with Gasteiger partial charge in [0.2, 0.25) is 15.9 Å². The molecule has 3 aromatic rings. The van der Waals surface area contributed by atoms with Crippen LogP contribution in [0.2, 0.25) is 0 Å². The fourth-order valence-corrected chi connectivity index (χ4v) is 6.47. The van der Waals surface area contributed by atoms with E-state index in [4.69, 9.17) is 0 Å². The average Bonchev–Trinajstić information content (AvgIpc) is 3.22. The molecule has 7 heteroatoms. The fraction of sp³-hybridized carbons (Fsp3) is 0.320. The van der Waals surface area contributed by atoms with Crippen LogP contribution in [0.25, 0.3) is 10.8 Å². The molecule has 5 rings (SSSR count). The lowest BCUT2D eigenvalue weighted by molar-refractivity contribution is -0.120. The molecule has 1 N–H and O–H groups in total. The van der Waals surface area contributed by atoms with Crippen LogP contribution in [0.4, 0.5) is 10.1 Å². The molecule has 1 heterocycles. The summed E-state index contributed by atoms with van der Waals surface area (Å²) in [7, 11) is -3.64. The lowest BCUT2D eigenvalue weighted by atomic mass is 9.96. The monoisotopic (exact) mass is 452 g/mol. The number of hydrogen-bond acceptors (Lipinski definition) is 3. The lowest BCUT2D eigenvalue weighted by Gasteiger charge is -2.30. The molecule has 0 bridgehead atoms. The largest absolute Gasteiger partial charge is 0.325 e. The summed E-state index contributed by atoms with van der Waals surface area (Å²) in [4.78, 5) is 13.0. The SMILES string of the molecule is O=C(Nc1ccc2c3c(cccc13)CC2)C1CCN(S(=O)(=O)Cc2ccccc2F)CC1. The predicted molar refractivity (Wildman–Crippen MR) is 123 cm³/mol. The van der Waals surface area contributed by atoms with Crippen molar-refractivity contribution in [3.05, 3.63) is 77.1 Å². The first kappa shape index (κ1) is 21.1. The molecule has 32 heavy (non-hydrogen) atoms. The van der Waals surface area contributed by atoms with Gasteiger partial charge in [-0.05, 0) is 54.3 Å². The summed E-state index contributed by atoms with van der Waals surface area (Å²) < 4.78 is 40.8. The minimum absolute atomic E-state index is 0.0742. The molecule has 0 radical (unpaired) electrons. The number of benzene rings is 3. The van der Waals surface area contributed by atoms with E-state index in [1.807, 2.05) is 18.2 Å². The van der Waals surface area contributed by atoms with Gasteiger partial charge in [0, 0.05) is 35.6 Å². The van der Waals surface area contributed by atoms with Gasteiger partial charge < -0.3 is 5.32 Å². The van der Waals surface area contributed by atoms with Crippen LogP contribution in [0.1, 0.15) is 29.5 Å². The first-order valence-electron chi connectivity index (χ1n) is 11.0. The van der Waals surface area contributed by atoms with Crippen LogP contribution in [0.5, 0.6) is 0 Å². The second-order valence-corrected chi connectivity index (χ2v) is 10.6. The molecule has 3 aromatic carbocycles. The van der Waals surface area contributed by atoms with Crippen molar-refractivity contribution in [3.63, 3.8) is 0 Å². The van der Waals surface area contributed by atoms with E-state index in [0.717, 1.165) is 23.9 Å². The van der Waals surface area contributed by atoms with Crippen molar-refractivity contribution in [2.45, 2.75) is 31.4 Å². The topological polar surface area (TPSA) is 66.5 Å². The molecule has 0 saturated carbocycles. The van der Waals surface area contributed by atoms with Crippen molar-refractivity contribution >= 4 is 32.4 Å². The lowest BCUT2D eigenvalue weighted by Crippen LogP contribution is -2.42. The Hall–Kier alpha value is -2.77. The van der Waals surface area contributed by atoms with Crippen LogP contribution >= 0.6 is 0 Å². The molecule has 0 atom stereocenters. The Morgan fingerprint density at radius 1 is 0.969 bits per heavy atom. The van der Waals surface area contributed by atoms with Gasteiger partial charge in [-0.2, -0.15) is 0 Å². The highest BCUT2D eigenvalue weighted by molar-refractivity contribution is 7.88. The number of carbonyl (C=O) groups excluding carboxylic acids is 1. The minimum atomic E-state index is -3.64. The van der Waals surface area contributed by atoms with Crippen molar-refractivity contribution in [1.29, 1.82) is 0 Å². The number of amides is 1. The zero-order valence-corrected chi connectivity index (χ0v) is 18.5. The van der Waals surface area contributed by atoms with E-state index in [1.54, 1.807) is 6.07 Å². The number of sulfonamides is 1. The van der Waals surface area contributed by atoms with Gasteiger partial charge in [-0.25, -0.2) is 17.1 Å². The van der Waals surface area contributed by atoms with Crippen molar-refractivity contribution in [1.82, 2.24) is 4.31 Å². The third-order valence-electron chi connectivity index (χ3n) is 6.65. The maximum absolute atomic E-state index is 13.9. The molecule has 0 spiro atoms. The highest BCUT2D eigenvalue weighted by Gasteiger charge is 2.32. The number of aryl methyl sites for hydroxylation is 2. The van der Waals surface area contributed by atoms with E-state index in [1.165, 1.54) is 39.0 Å². The molecule has 1 aliphatic carbocycles. The van der Waals surface area contributed by atoms with E-state index < -0.39 is 15.8 Å². The van der Waals surface area contributed by atoms with Crippen LogP contribution in [0, 0.1) is 11.7 Å². The fourth-order valence-electron chi connectivity index (χ4n) is 4.89. The molecular formula is C25H25FN2O3S. The predicted octanol–water partition coefficient (Wildman–Crippen LogP) is 4.26. The Kier molecular flexibility index (Phi) is 5.47. The zero-order valence-electron chi connectivity index (χ0n) is 17.7. The molecule has 1 saturated heterocycles. The Morgan fingerprint density at radius 3 is 2.44 bits per heavy atom. The van der Waals surface area contributed by atoms with Crippen LogP contribution < -0.4 is 5.32 Å². The van der Waals surface area contributed by atoms with Gasteiger partial charge in [0.05, 0.1) is 5.75 Å². The van der Waals surface area contributed by atoms with E-state index in [9.17, 15) is 17.6 Å². The Balaban J connectivity index is 1.25. The number of anilines is 1. The maximum atomic E-state index is 13.9. The number of rotatable bonds is 5. The van der Waals surface area contributed by atoms with Crippen molar-refractivity contribution < 1.29 is 17.6 Å². The quantitative estimate of drug-likeness (QED) is 0.629. The van der Waals surface area contributed by atoms with Crippen LogP contribution in [0.3, 0.4) is 0 Å². The van der Waals surface area contributed by atoms with Gasteiger partial charge in [0.15, 0.2) is 0 Å². The van der Waals surface area contributed by atoms with Gasteiger partial charge >= 0.3 is 0 Å². The number of piperidine rings is 1. The smallest absolute Gasteiger partial charge is 0.227 e. The van der Waals surface area contributed by atoms with E-state index in [-0.39, 0.29) is 36.2 Å². The number of halogens is 1. The standard InChI is InChI=1S/C25H25FN2O3S/c26-22-7-2-1-4-20(22)16-32(30,31)28-14-12-19(13-15-28)25(29)27-23-11-10-18-9-8-17-5-3-6-21(23)24(17)18/h1-7,10-11,19H,8-9,12-16H2,(H,27,29). The summed E-state index contributed by atoms with van der Waals surface area (Å²) in [5.74, 6) is -1.21. The number of carbonyl (C=O) groups is 1. The Labute approximate surface area is 187 Å². The van der Waals surface area contributed by atoms with E-state index in [0.29, 0.717) is 12.8 Å². The summed E-state index contributed by atoms with van der Waals surface area (Å²) in [6.07, 6.45) is 2.96. The number of hydrogen-bond donors (Lipinski definition) is 1. The minimum Gasteiger partial charge on any atom is -0.325 e. The third-order valence-corrected chi connectivity index (χ3v) is 8.48. The molecule has 0 aromatic heterocycles. The van der Waals surface area contributed by atoms with Gasteiger partial charge in [0.25, 0.3) is 0 Å². The van der Waals surface area contributed by atoms with Gasteiger partial charge in [-0.3, -0.25) is 4.79 Å². The van der Waals surface area contributed by atoms with Gasteiger partial charge in [0.1, 0.15) is 5.82 Å². The Morgan fingerprint density at radius 2 is 1.69 bits per heavy atom. The summed E-state index contributed by atoms with van der Waals surface area (Å²) in [5.41, 5.74) is 3.62.